The van der Waals surface area contributed by atoms with Gasteiger partial charge in [0.05, 0.1) is 13.0 Å². The molecule has 0 aromatic heterocycles. The number of likely N-dealkylation sites (N-methyl/N-ethyl adjacent to an activating group) is 1. The molecule has 1 spiro atoms. The summed E-state index contributed by atoms with van der Waals surface area (Å²) in [4.78, 5) is 12.0. The van der Waals surface area contributed by atoms with E-state index in [2.05, 4.69) is 10.6 Å². The minimum atomic E-state index is -0.308. The third kappa shape index (κ3) is 1.92. The average molecular weight is 225 g/mol. The van der Waals surface area contributed by atoms with E-state index in [-0.39, 0.29) is 17.9 Å². The summed E-state index contributed by atoms with van der Waals surface area (Å²) in [6, 6.07) is 0. The molecular formula is C11H19N3O2. The first-order chi connectivity index (χ1) is 7.71. The SMILES string of the molecule is CNC1=C(CN)OC2(CCNCC2)CC1=O. The van der Waals surface area contributed by atoms with E-state index >= 15 is 0 Å². The highest BCUT2D eigenvalue weighted by Crippen LogP contribution is 2.34. The van der Waals surface area contributed by atoms with Gasteiger partial charge in [-0.2, -0.15) is 0 Å². The predicted molar refractivity (Wildman–Crippen MR) is 60.7 cm³/mol. The second kappa shape index (κ2) is 4.43. The van der Waals surface area contributed by atoms with Gasteiger partial charge in [0.2, 0.25) is 0 Å². The zero-order chi connectivity index (χ0) is 11.6. The summed E-state index contributed by atoms with van der Waals surface area (Å²) in [6.45, 7) is 2.08. The van der Waals surface area contributed by atoms with Crippen LogP contribution in [0.4, 0.5) is 0 Å². The van der Waals surface area contributed by atoms with Gasteiger partial charge in [0, 0.05) is 19.9 Å². The van der Waals surface area contributed by atoms with Crippen molar-refractivity contribution in [1.82, 2.24) is 10.6 Å². The summed E-state index contributed by atoms with van der Waals surface area (Å²) in [5.74, 6) is 0.733. The normalized spacial score (nSPS) is 24.5. The Bertz CT molecular complexity index is 319. The molecule has 2 heterocycles. The van der Waals surface area contributed by atoms with E-state index in [0.717, 1.165) is 25.9 Å². The number of hydrogen-bond acceptors (Lipinski definition) is 5. The molecular weight excluding hydrogens is 206 g/mol. The first-order valence-electron chi connectivity index (χ1n) is 5.75. The van der Waals surface area contributed by atoms with Gasteiger partial charge in [-0.1, -0.05) is 0 Å². The summed E-state index contributed by atoms with van der Waals surface area (Å²) in [5, 5.41) is 6.16. The Balaban J connectivity index is 2.24. The van der Waals surface area contributed by atoms with Crippen LogP contribution in [0.3, 0.4) is 0 Å². The molecule has 5 heteroatoms. The summed E-state index contributed by atoms with van der Waals surface area (Å²) in [7, 11) is 1.73. The topological polar surface area (TPSA) is 76.4 Å². The van der Waals surface area contributed by atoms with Crippen molar-refractivity contribution in [2.24, 2.45) is 5.73 Å². The van der Waals surface area contributed by atoms with Crippen LogP contribution in [0.1, 0.15) is 19.3 Å². The molecule has 1 saturated heterocycles. The molecule has 0 aliphatic carbocycles. The molecule has 1 fully saturated rings. The highest BCUT2D eigenvalue weighted by molar-refractivity contribution is 5.96. The standard InChI is InChI=1S/C11H19N3O2/c1-13-10-8(15)6-11(16-9(10)7-12)2-4-14-5-3-11/h13-14H,2-7,12H2,1H3. The summed E-state index contributed by atoms with van der Waals surface area (Å²) >= 11 is 0. The maximum Gasteiger partial charge on any atom is 0.186 e. The summed E-state index contributed by atoms with van der Waals surface area (Å²) in [6.07, 6.45) is 2.22. The zero-order valence-electron chi connectivity index (χ0n) is 9.64. The number of carbonyl (C=O) groups excluding carboxylic acids is 1. The fourth-order valence-electron chi connectivity index (χ4n) is 2.47. The van der Waals surface area contributed by atoms with E-state index in [0.29, 0.717) is 17.9 Å². The number of ketones is 1. The molecule has 2 rings (SSSR count). The molecule has 0 unspecified atom stereocenters. The molecule has 2 aliphatic heterocycles. The molecule has 4 N–H and O–H groups in total. The third-order valence-electron chi connectivity index (χ3n) is 3.33. The second-order valence-electron chi connectivity index (χ2n) is 4.39. The largest absolute Gasteiger partial charge is 0.487 e. The Morgan fingerprint density at radius 1 is 1.50 bits per heavy atom. The van der Waals surface area contributed by atoms with Gasteiger partial charge >= 0.3 is 0 Å². The zero-order valence-corrected chi connectivity index (χ0v) is 9.64. The van der Waals surface area contributed by atoms with Crippen LogP contribution >= 0.6 is 0 Å². The van der Waals surface area contributed by atoms with E-state index in [4.69, 9.17) is 10.5 Å². The van der Waals surface area contributed by atoms with Gasteiger partial charge in [-0.05, 0) is 13.1 Å². The highest BCUT2D eigenvalue weighted by atomic mass is 16.5. The Morgan fingerprint density at radius 3 is 2.75 bits per heavy atom. The van der Waals surface area contributed by atoms with Crippen LogP contribution in [-0.2, 0) is 9.53 Å². The number of carbonyl (C=O) groups is 1. The third-order valence-corrected chi connectivity index (χ3v) is 3.33. The molecule has 0 saturated carbocycles. The Kier molecular flexibility index (Phi) is 3.16. The van der Waals surface area contributed by atoms with Crippen LogP contribution in [0, 0.1) is 0 Å². The molecule has 90 valence electrons. The van der Waals surface area contributed by atoms with Crippen LogP contribution in [-0.4, -0.2) is 38.1 Å². The lowest BCUT2D eigenvalue weighted by Crippen LogP contribution is -2.49. The molecule has 5 nitrogen and oxygen atoms in total. The van der Waals surface area contributed by atoms with Gasteiger partial charge in [0.15, 0.2) is 5.78 Å². The van der Waals surface area contributed by atoms with Crippen molar-refractivity contribution in [2.75, 3.05) is 26.7 Å². The smallest absolute Gasteiger partial charge is 0.186 e. The van der Waals surface area contributed by atoms with E-state index in [9.17, 15) is 4.79 Å². The molecule has 0 atom stereocenters. The lowest BCUT2D eigenvalue weighted by atomic mass is 9.84. The molecule has 0 aromatic carbocycles. The number of ether oxygens (including phenoxy) is 1. The quantitative estimate of drug-likeness (QED) is 0.590. The van der Waals surface area contributed by atoms with Crippen molar-refractivity contribution >= 4 is 5.78 Å². The van der Waals surface area contributed by atoms with Crippen molar-refractivity contribution in [3.05, 3.63) is 11.5 Å². The summed E-state index contributed by atoms with van der Waals surface area (Å²) in [5.41, 5.74) is 5.87. The van der Waals surface area contributed by atoms with E-state index in [1.165, 1.54) is 0 Å². The Morgan fingerprint density at radius 2 is 2.19 bits per heavy atom. The lowest BCUT2D eigenvalue weighted by molar-refractivity contribution is -0.128. The van der Waals surface area contributed by atoms with Gasteiger partial charge in [-0.3, -0.25) is 4.79 Å². The van der Waals surface area contributed by atoms with Gasteiger partial charge in [-0.15, -0.1) is 0 Å². The number of rotatable bonds is 2. The molecule has 0 amide bonds. The maximum absolute atomic E-state index is 12.0. The molecule has 0 radical (unpaired) electrons. The fourth-order valence-corrected chi connectivity index (χ4v) is 2.47. The van der Waals surface area contributed by atoms with Crippen LogP contribution < -0.4 is 16.4 Å². The van der Waals surface area contributed by atoms with Crippen LogP contribution in [0.25, 0.3) is 0 Å². The number of Topliss-reactive ketones (excluding diaryl/α,β-unsaturated/α-hetero) is 1. The van der Waals surface area contributed by atoms with Crippen molar-refractivity contribution in [3.63, 3.8) is 0 Å². The van der Waals surface area contributed by atoms with Crippen molar-refractivity contribution in [2.45, 2.75) is 24.9 Å². The van der Waals surface area contributed by atoms with E-state index in [1.54, 1.807) is 7.05 Å². The number of piperidine rings is 1. The number of nitrogens with two attached hydrogens (primary N) is 1. The van der Waals surface area contributed by atoms with Crippen LogP contribution in [0.15, 0.2) is 11.5 Å². The average Bonchev–Trinajstić information content (AvgIpc) is 2.29. The molecule has 0 bridgehead atoms. The van der Waals surface area contributed by atoms with Crippen LogP contribution in [0.2, 0.25) is 0 Å². The van der Waals surface area contributed by atoms with Crippen molar-refractivity contribution < 1.29 is 9.53 Å². The van der Waals surface area contributed by atoms with Gasteiger partial charge in [0.25, 0.3) is 0 Å². The van der Waals surface area contributed by atoms with Crippen molar-refractivity contribution in [1.29, 1.82) is 0 Å². The minimum absolute atomic E-state index is 0.121. The summed E-state index contributed by atoms with van der Waals surface area (Å²) < 4.78 is 5.97. The van der Waals surface area contributed by atoms with Gasteiger partial charge in [0.1, 0.15) is 17.1 Å². The predicted octanol–water partition coefficient (Wildman–Crippen LogP) is -0.512. The highest BCUT2D eigenvalue weighted by Gasteiger charge is 2.41. The van der Waals surface area contributed by atoms with Crippen LogP contribution in [0.5, 0.6) is 0 Å². The van der Waals surface area contributed by atoms with Gasteiger partial charge < -0.3 is 21.1 Å². The first-order valence-corrected chi connectivity index (χ1v) is 5.75. The Hall–Kier alpha value is -1.07. The number of allylic oxidation sites excluding steroid dienone is 1. The number of hydrogen-bond donors (Lipinski definition) is 3. The van der Waals surface area contributed by atoms with E-state index in [1.807, 2.05) is 0 Å². The van der Waals surface area contributed by atoms with Crippen molar-refractivity contribution in [3.8, 4) is 0 Å². The fraction of sp³-hybridized carbons (Fsp3) is 0.727. The Labute approximate surface area is 95.4 Å². The monoisotopic (exact) mass is 225 g/mol. The molecule has 2 aliphatic rings. The van der Waals surface area contributed by atoms with E-state index < -0.39 is 0 Å². The maximum atomic E-state index is 12.0. The first kappa shape index (κ1) is 11.4. The second-order valence-corrected chi connectivity index (χ2v) is 4.39. The lowest BCUT2D eigenvalue weighted by Gasteiger charge is -2.41. The minimum Gasteiger partial charge on any atom is -0.487 e. The molecule has 16 heavy (non-hydrogen) atoms. The molecule has 0 aromatic rings. The van der Waals surface area contributed by atoms with Gasteiger partial charge in [-0.25, -0.2) is 0 Å². The number of nitrogens with one attached hydrogen (secondary N) is 2.